The second kappa shape index (κ2) is 7.17. The van der Waals surface area contributed by atoms with Gasteiger partial charge in [-0.15, -0.1) is 0 Å². The molecule has 3 N–H and O–H groups in total. The fraction of sp³-hybridized carbons (Fsp3) is 0.467. The Labute approximate surface area is 118 Å². The third-order valence-electron chi connectivity index (χ3n) is 3.15. The van der Waals surface area contributed by atoms with Gasteiger partial charge < -0.3 is 15.5 Å². The van der Waals surface area contributed by atoms with Crippen molar-refractivity contribution >= 4 is 11.7 Å². The van der Waals surface area contributed by atoms with Crippen molar-refractivity contribution < 1.29 is 19.8 Å². The Kier molecular flexibility index (Phi) is 5.85. The molecule has 2 atom stereocenters. The van der Waals surface area contributed by atoms with Gasteiger partial charge in [-0.05, 0) is 31.4 Å². The minimum atomic E-state index is -1.04. The van der Waals surface area contributed by atoms with E-state index < -0.39 is 12.2 Å². The molecule has 0 spiro atoms. The Morgan fingerprint density at radius 1 is 1.25 bits per heavy atom. The van der Waals surface area contributed by atoms with E-state index in [1.165, 1.54) is 13.8 Å². The van der Waals surface area contributed by atoms with Crippen molar-refractivity contribution in [2.24, 2.45) is 0 Å². The normalized spacial score (nSPS) is 13.7. The molecule has 0 aliphatic carbocycles. The zero-order valence-electron chi connectivity index (χ0n) is 12.0. The standard InChI is InChI=1S/C15H21NO4/c1-9-8-12(4-5-13(9)10(2)17)15(20)14(19)6-7-16-11(3)18/h4-5,8,14-15,19-20H,6-7H2,1-3H3,(H,16,18). The maximum atomic E-state index is 11.3. The number of carbonyl (C=O) groups excluding carboxylic acids is 2. The van der Waals surface area contributed by atoms with Crippen LogP contribution in [0.2, 0.25) is 0 Å². The second-order valence-electron chi connectivity index (χ2n) is 4.91. The molecule has 2 unspecified atom stereocenters. The van der Waals surface area contributed by atoms with Crippen LogP contribution in [-0.2, 0) is 4.79 Å². The monoisotopic (exact) mass is 279 g/mol. The molecule has 1 aromatic rings. The molecule has 0 aliphatic rings. The lowest BCUT2D eigenvalue weighted by Crippen LogP contribution is -2.27. The first-order valence-electron chi connectivity index (χ1n) is 6.55. The van der Waals surface area contributed by atoms with Crippen LogP contribution in [-0.4, -0.2) is 34.6 Å². The summed E-state index contributed by atoms with van der Waals surface area (Å²) in [5, 5.41) is 22.5. The Morgan fingerprint density at radius 2 is 1.90 bits per heavy atom. The molecule has 110 valence electrons. The number of rotatable bonds is 6. The number of Topliss-reactive ketones (excluding diaryl/α,β-unsaturated/α-hetero) is 1. The lowest BCUT2D eigenvalue weighted by Gasteiger charge is -2.19. The van der Waals surface area contributed by atoms with E-state index in [0.29, 0.717) is 17.7 Å². The third kappa shape index (κ3) is 4.43. The zero-order chi connectivity index (χ0) is 15.3. The molecular weight excluding hydrogens is 258 g/mol. The fourth-order valence-electron chi connectivity index (χ4n) is 2.04. The molecule has 0 saturated carbocycles. The van der Waals surface area contributed by atoms with Gasteiger partial charge in [0.1, 0.15) is 6.10 Å². The third-order valence-corrected chi connectivity index (χ3v) is 3.15. The summed E-state index contributed by atoms with van der Waals surface area (Å²) < 4.78 is 0. The summed E-state index contributed by atoms with van der Waals surface area (Å²) in [6.07, 6.45) is -1.75. The number of hydrogen-bond acceptors (Lipinski definition) is 4. The van der Waals surface area contributed by atoms with Crippen molar-refractivity contribution in [3.05, 3.63) is 34.9 Å². The molecule has 0 radical (unpaired) electrons. The number of amides is 1. The summed E-state index contributed by atoms with van der Waals surface area (Å²) in [6, 6.07) is 4.98. The van der Waals surface area contributed by atoms with Gasteiger partial charge in [-0.25, -0.2) is 0 Å². The molecule has 20 heavy (non-hydrogen) atoms. The molecule has 0 bridgehead atoms. The Hall–Kier alpha value is -1.72. The van der Waals surface area contributed by atoms with Gasteiger partial charge in [0.15, 0.2) is 5.78 Å². The van der Waals surface area contributed by atoms with Crippen LogP contribution in [0, 0.1) is 6.92 Å². The van der Waals surface area contributed by atoms with E-state index in [2.05, 4.69) is 5.32 Å². The van der Waals surface area contributed by atoms with Crippen molar-refractivity contribution in [2.75, 3.05) is 6.54 Å². The second-order valence-corrected chi connectivity index (χ2v) is 4.91. The van der Waals surface area contributed by atoms with Crippen molar-refractivity contribution in [1.82, 2.24) is 5.32 Å². The number of aryl methyl sites for hydroxylation is 1. The molecule has 1 amide bonds. The number of aliphatic hydroxyl groups is 2. The van der Waals surface area contributed by atoms with E-state index in [0.717, 1.165) is 5.56 Å². The molecule has 0 saturated heterocycles. The molecule has 0 heterocycles. The molecule has 5 nitrogen and oxygen atoms in total. The lowest BCUT2D eigenvalue weighted by molar-refractivity contribution is -0.119. The van der Waals surface area contributed by atoms with Crippen molar-refractivity contribution in [2.45, 2.75) is 39.4 Å². The SMILES string of the molecule is CC(=O)NCCC(O)C(O)c1ccc(C(C)=O)c(C)c1. The molecule has 1 rings (SSSR count). The Morgan fingerprint density at radius 3 is 2.40 bits per heavy atom. The van der Waals surface area contributed by atoms with E-state index in [-0.39, 0.29) is 18.1 Å². The summed E-state index contributed by atoms with van der Waals surface area (Å²) in [4.78, 5) is 22.1. The minimum absolute atomic E-state index is 0.0326. The van der Waals surface area contributed by atoms with E-state index >= 15 is 0 Å². The number of hydrogen-bond donors (Lipinski definition) is 3. The largest absolute Gasteiger partial charge is 0.390 e. The zero-order valence-corrected chi connectivity index (χ0v) is 12.0. The van der Waals surface area contributed by atoms with Crippen molar-refractivity contribution in [3.8, 4) is 0 Å². The molecule has 1 aromatic carbocycles. The van der Waals surface area contributed by atoms with Gasteiger partial charge in [-0.2, -0.15) is 0 Å². The highest BCUT2D eigenvalue weighted by molar-refractivity contribution is 5.95. The van der Waals surface area contributed by atoms with Crippen molar-refractivity contribution in [3.63, 3.8) is 0 Å². The number of benzene rings is 1. The summed E-state index contributed by atoms with van der Waals surface area (Å²) in [5.74, 6) is -0.205. The number of ketones is 1. The minimum Gasteiger partial charge on any atom is -0.390 e. The van der Waals surface area contributed by atoms with Gasteiger partial charge in [0, 0.05) is 19.0 Å². The molecule has 5 heteroatoms. The topological polar surface area (TPSA) is 86.6 Å². The summed E-state index contributed by atoms with van der Waals surface area (Å²) in [6.45, 7) is 4.97. The van der Waals surface area contributed by atoms with Gasteiger partial charge in [-0.3, -0.25) is 9.59 Å². The van der Waals surface area contributed by atoms with Crippen LogP contribution < -0.4 is 5.32 Å². The average molecular weight is 279 g/mol. The van der Waals surface area contributed by atoms with Crippen LogP contribution in [0.5, 0.6) is 0 Å². The highest BCUT2D eigenvalue weighted by atomic mass is 16.3. The quantitative estimate of drug-likeness (QED) is 0.681. The number of aliphatic hydroxyl groups excluding tert-OH is 2. The average Bonchev–Trinajstić information content (AvgIpc) is 2.36. The highest BCUT2D eigenvalue weighted by Gasteiger charge is 2.19. The Bertz CT molecular complexity index is 499. The van der Waals surface area contributed by atoms with Crippen LogP contribution in [0.4, 0.5) is 0 Å². The maximum Gasteiger partial charge on any atom is 0.216 e. The summed E-state index contributed by atoms with van der Waals surface area (Å²) in [5.41, 5.74) is 1.93. The molecule has 0 aromatic heterocycles. The van der Waals surface area contributed by atoms with Gasteiger partial charge in [0.05, 0.1) is 6.10 Å². The first kappa shape index (κ1) is 16.3. The fourth-order valence-corrected chi connectivity index (χ4v) is 2.04. The van der Waals surface area contributed by atoms with Crippen LogP contribution in [0.25, 0.3) is 0 Å². The van der Waals surface area contributed by atoms with E-state index in [9.17, 15) is 19.8 Å². The highest BCUT2D eigenvalue weighted by Crippen LogP contribution is 2.22. The predicted molar refractivity (Wildman–Crippen MR) is 75.5 cm³/mol. The summed E-state index contributed by atoms with van der Waals surface area (Å²) in [7, 11) is 0. The van der Waals surface area contributed by atoms with Crippen molar-refractivity contribution in [1.29, 1.82) is 0 Å². The maximum absolute atomic E-state index is 11.3. The smallest absolute Gasteiger partial charge is 0.216 e. The van der Waals surface area contributed by atoms with E-state index in [1.54, 1.807) is 25.1 Å². The molecule has 0 aliphatic heterocycles. The summed E-state index contributed by atoms with van der Waals surface area (Å²) >= 11 is 0. The van der Waals surface area contributed by atoms with E-state index in [4.69, 9.17) is 0 Å². The van der Waals surface area contributed by atoms with Gasteiger partial charge in [0.25, 0.3) is 0 Å². The number of carbonyl (C=O) groups is 2. The van der Waals surface area contributed by atoms with Crippen LogP contribution >= 0.6 is 0 Å². The first-order valence-corrected chi connectivity index (χ1v) is 6.55. The molecular formula is C15H21NO4. The Balaban J connectivity index is 2.71. The first-order chi connectivity index (χ1) is 9.32. The van der Waals surface area contributed by atoms with Crippen LogP contribution in [0.3, 0.4) is 0 Å². The van der Waals surface area contributed by atoms with E-state index in [1.807, 2.05) is 0 Å². The van der Waals surface area contributed by atoms with Crippen LogP contribution in [0.15, 0.2) is 18.2 Å². The van der Waals surface area contributed by atoms with Gasteiger partial charge in [0.2, 0.25) is 5.91 Å². The number of nitrogens with one attached hydrogen (secondary N) is 1. The molecule has 0 fully saturated rings. The van der Waals surface area contributed by atoms with Gasteiger partial charge >= 0.3 is 0 Å². The van der Waals surface area contributed by atoms with Crippen LogP contribution in [0.1, 0.15) is 47.9 Å². The lowest BCUT2D eigenvalue weighted by atomic mass is 9.96. The predicted octanol–water partition coefficient (Wildman–Crippen LogP) is 1.12. The van der Waals surface area contributed by atoms with Gasteiger partial charge in [-0.1, -0.05) is 18.2 Å².